The van der Waals surface area contributed by atoms with Gasteiger partial charge in [0.15, 0.2) is 0 Å². The molecule has 2 aromatic rings. The van der Waals surface area contributed by atoms with Crippen LogP contribution in [0.5, 0.6) is 0 Å². The fraction of sp³-hybridized carbons (Fsp3) is 0.375. The molecule has 2 aromatic carbocycles. The van der Waals surface area contributed by atoms with Crippen molar-refractivity contribution in [3.63, 3.8) is 0 Å². The minimum atomic E-state index is -0.0153. The third-order valence-electron chi connectivity index (χ3n) is 4.82. The summed E-state index contributed by atoms with van der Waals surface area (Å²) < 4.78 is 0. The standard InChI is InChI=1S/C24H31NO/c1-4-6-7-9-20-11-15-22(16-12-20)23-17-13-21(14-18-23)10-8-19-25(3)24(26)5-2/h5,11-18H,2,4,6-10,19H2,1,3H3. The quantitative estimate of drug-likeness (QED) is 0.400. The zero-order chi connectivity index (χ0) is 18.8. The number of amides is 1. The number of unbranched alkanes of at least 4 members (excludes halogenated alkanes) is 2. The summed E-state index contributed by atoms with van der Waals surface area (Å²) in [5.41, 5.74) is 5.27. The van der Waals surface area contributed by atoms with E-state index < -0.39 is 0 Å². The highest BCUT2D eigenvalue weighted by molar-refractivity contribution is 5.86. The molecule has 0 aromatic heterocycles. The Bertz CT molecular complexity index is 685. The van der Waals surface area contributed by atoms with E-state index >= 15 is 0 Å². The molecular formula is C24H31NO. The third-order valence-corrected chi connectivity index (χ3v) is 4.82. The largest absolute Gasteiger partial charge is 0.342 e. The van der Waals surface area contributed by atoms with Gasteiger partial charge in [0.2, 0.25) is 5.91 Å². The average molecular weight is 350 g/mol. The lowest BCUT2D eigenvalue weighted by Gasteiger charge is -2.14. The van der Waals surface area contributed by atoms with Crippen molar-refractivity contribution in [1.82, 2.24) is 4.90 Å². The Morgan fingerprint density at radius 2 is 1.38 bits per heavy atom. The van der Waals surface area contributed by atoms with Crippen molar-refractivity contribution in [2.75, 3.05) is 13.6 Å². The predicted octanol–water partition coefficient (Wildman–Crippen LogP) is 5.66. The highest BCUT2D eigenvalue weighted by Crippen LogP contribution is 2.21. The van der Waals surface area contributed by atoms with Crippen molar-refractivity contribution in [3.05, 3.63) is 72.3 Å². The van der Waals surface area contributed by atoms with Gasteiger partial charge in [0.25, 0.3) is 0 Å². The zero-order valence-corrected chi connectivity index (χ0v) is 16.2. The maximum Gasteiger partial charge on any atom is 0.245 e. The average Bonchev–Trinajstić information content (AvgIpc) is 2.68. The van der Waals surface area contributed by atoms with Gasteiger partial charge in [-0.2, -0.15) is 0 Å². The minimum Gasteiger partial charge on any atom is -0.342 e. The van der Waals surface area contributed by atoms with Crippen LogP contribution in [0, 0.1) is 0 Å². The summed E-state index contributed by atoms with van der Waals surface area (Å²) in [5.74, 6) is -0.0153. The molecule has 0 N–H and O–H groups in total. The van der Waals surface area contributed by atoms with Gasteiger partial charge in [-0.15, -0.1) is 0 Å². The van der Waals surface area contributed by atoms with Crippen LogP contribution in [-0.4, -0.2) is 24.4 Å². The highest BCUT2D eigenvalue weighted by Gasteiger charge is 2.04. The van der Waals surface area contributed by atoms with Crippen molar-refractivity contribution in [3.8, 4) is 11.1 Å². The van der Waals surface area contributed by atoms with Crippen LogP contribution in [0.2, 0.25) is 0 Å². The Morgan fingerprint density at radius 1 is 0.885 bits per heavy atom. The van der Waals surface area contributed by atoms with E-state index in [-0.39, 0.29) is 5.91 Å². The molecule has 138 valence electrons. The monoisotopic (exact) mass is 349 g/mol. The molecule has 0 saturated heterocycles. The topological polar surface area (TPSA) is 20.3 Å². The number of nitrogens with zero attached hydrogens (tertiary/aromatic N) is 1. The SMILES string of the molecule is C=CC(=O)N(C)CCCc1ccc(-c2ccc(CCCCC)cc2)cc1. The van der Waals surface area contributed by atoms with Gasteiger partial charge in [0.1, 0.15) is 0 Å². The molecule has 0 spiro atoms. The first kappa shape index (κ1) is 20.0. The molecule has 0 atom stereocenters. The van der Waals surface area contributed by atoms with Gasteiger partial charge in [-0.3, -0.25) is 4.79 Å². The molecule has 0 aliphatic heterocycles. The first-order valence-electron chi connectivity index (χ1n) is 9.70. The van der Waals surface area contributed by atoms with Crippen LogP contribution >= 0.6 is 0 Å². The lowest BCUT2D eigenvalue weighted by molar-refractivity contribution is -0.124. The summed E-state index contributed by atoms with van der Waals surface area (Å²) in [4.78, 5) is 13.2. The Kier molecular flexibility index (Phi) is 8.14. The second-order valence-electron chi connectivity index (χ2n) is 6.92. The molecule has 2 nitrogen and oxygen atoms in total. The number of benzene rings is 2. The molecule has 0 aliphatic rings. The summed E-state index contributed by atoms with van der Waals surface area (Å²) in [6.45, 7) is 6.52. The first-order valence-corrected chi connectivity index (χ1v) is 9.70. The second kappa shape index (κ2) is 10.6. The van der Waals surface area contributed by atoms with Crippen LogP contribution in [0.25, 0.3) is 11.1 Å². The van der Waals surface area contributed by atoms with Crippen LogP contribution in [0.1, 0.15) is 43.7 Å². The normalized spacial score (nSPS) is 10.5. The number of aryl methyl sites for hydroxylation is 2. The Hall–Kier alpha value is -2.35. The van der Waals surface area contributed by atoms with Gasteiger partial charge < -0.3 is 4.90 Å². The van der Waals surface area contributed by atoms with Gasteiger partial charge in [0, 0.05) is 13.6 Å². The van der Waals surface area contributed by atoms with E-state index in [0.717, 1.165) is 19.4 Å². The van der Waals surface area contributed by atoms with Crippen LogP contribution < -0.4 is 0 Å². The van der Waals surface area contributed by atoms with Gasteiger partial charge >= 0.3 is 0 Å². The maximum atomic E-state index is 11.5. The van der Waals surface area contributed by atoms with Gasteiger partial charge in [-0.1, -0.05) is 74.9 Å². The van der Waals surface area contributed by atoms with E-state index in [9.17, 15) is 4.79 Å². The summed E-state index contributed by atoms with van der Waals surface area (Å²) in [7, 11) is 1.82. The summed E-state index contributed by atoms with van der Waals surface area (Å²) in [6, 6.07) is 17.7. The van der Waals surface area contributed by atoms with E-state index in [1.807, 2.05) is 7.05 Å². The molecule has 26 heavy (non-hydrogen) atoms. The van der Waals surface area contributed by atoms with Gasteiger partial charge in [0.05, 0.1) is 0 Å². The number of carbonyl (C=O) groups excluding carboxylic acids is 1. The number of hydrogen-bond donors (Lipinski definition) is 0. The molecule has 1 amide bonds. The smallest absolute Gasteiger partial charge is 0.245 e. The van der Waals surface area contributed by atoms with E-state index in [4.69, 9.17) is 0 Å². The van der Waals surface area contributed by atoms with Crippen molar-refractivity contribution >= 4 is 5.91 Å². The Balaban J connectivity index is 1.86. The predicted molar refractivity (Wildman–Crippen MR) is 111 cm³/mol. The van der Waals surface area contributed by atoms with Gasteiger partial charge in [-0.25, -0.2) is 0 Å². The minimum absolute atomic E-state index is 0.0153. The summed E-state index contributed by atoms with van der Waals surface area (Å²) in [5, 5.41) is 0. The Labute approximate surface area is 158 Å². The number of carbonyl (C=O) groups is 1. The molecule has 2 rings (SSSR count). The number of likely N-dealkylation sites (N-methyl/N-ethyl adjacent to an activating group) is 1. The van der Waals surface area contributed by atoms with Crippen molar-refractivity contribution in [2.24, 2.45) is 0 Å². The molecule has 0 radical (unpaired) electrons. The molecular weight excluding hydrogens is 318 g/mol. The van der Waals surface area contributed by atoms with E-state index in [0.29, 0.717) is 0 Å². The summed E-state index contributed by atoms with van der Waals surface area (Å²) in [6.07, 6.45) is 8.33. The fourth-order valence-electron chi connectivity index (χ4n) is 3.09. The Morgan fingerprint density at radius 3 is 1.85 bits per heavy atom. The van der Waals surface area contributed by atoms with Crippen LogP contribution in [-0.2, 0) is 17.6 Å². The fourth-order valence-corrected chi connectivity index (χ4v) is 3.09. The summed E-state index contributed by atoms with van der Waals surface area (Å²) >= 11 is 0. The van der Waals surface area contributed by atoms with Crippen LogP contribution in [0.3, 0.4) is 0 Å². The molecule has 0 fully saturated rings. The lowest BCUT2D eigenvalue weighted by Crippen LogP contribution is -2.25. The first-order chi connectivity index (χ1) is 12.6. The van der Waals surface area contributed by atoms with Crippen molar-refractivity contribution < 1.29 is 4.79 Å². The van der Waals surface area contributed by atoms with E-state index in [1.54, 1.807) is 4.90 Å². The molecule has 0 bridgehead atoms. The van der Waals surface area contributed by atoms with Crippen molar-refractivity contribution in [1.29, 1.82) is 0 Å². The van der Waals surface area contributed by atoms with E-state index in [1.165, 1.54) is 54.0 Å². The van der Waals surface area contributed by atoms with Crippen LogP contribution in [0.15, 0.2) is 61.2 Å². The number of rotatable bonds is 10. The third kappa shape index (κ3) is 6.18. The van der Waals surface area contributed by atoms with Crippen LogP contribution in [0.4, 0.5) is 0 Å². The van der Waals surface area contributed by atoms with E-state index in [2.05, 4.69) is 62.0 Å². The second-order valence-corrected chi connectivity index (χ2v) is 6.92. The number of hydrogen-bond acceptors (Lipinski definition) is 1. The highest BCUT2D eigenvalue weighted by atomic mass is 16.2. The molecule has 2 heteroatoms. The lowest BCUT2D eigenvalue weighted by atomic mass is 9.99. The molecule has 0 aliphatic carbocycles. The van der Waals surface area contributed by atoms with Crippen molar-refractivity contribution in [2.45, 2.75) is 45.4 Å². The van der Waals surface area contributed by atoms with Gasteiger partial charge in [-0.05, 0) is 54.0 Å². The molecule has 0 saturated carbocycles. The zero-order valence-electron chi connectivity index (χ0n) is 16.2. The molecule has 0 unspecified atom stereocenters. The maximum absolute atomic E-state index is 11.5. The molecule has 0 heterocycles.